The van der Waals surface area contributed by atoms with Crippen LogP contribution in [0.1, 0.15) is 36.5 Å². The molecule has 0 unspecified atom stereocenters. The molecule has 2 heterocycles. The molecule has 4 rings (SSSR count). The Morgan fingerprint density at radius 1 is 1.19 bits per heavy atom. The lowest BCUT2D eigenvalue weighted by Crippen LogP contribution is -2.23. The number of fused-ring (bicyclic) bond motifs is 1. The molecule has 0 aliphatic carbocycles. The number of aryl methyl sites for hydroxylation is 1. The molecule has 1 amide bonds. The maximum Gasteiger partial charge on any atom is 0.266 e. The van der Waals surface area contributed by atoms with Crippen LogP contribution in [0.4, 0.5) is 0 Å². The van der Waals surface area contributed by atoms with Gasteiger partial charge in [0.1, 0.15) is 12.4 Å². The van der Waals surface area contributed by atoms with Crippen molar-refractivity contribution in [2.45, 2.75) is 33.2 Å². The van der Waals surface area contributed by atoms with E-state index >= 15 is 0 Å². The SMILES string of the molecule is CN=C1S/C(=C/c2cn(CCOc3cc(C)ccc3C(C)C)c3ccccc23)C(=O)N1C. The molecule has 1 fully saturated rings. The average molecular weight is 448 g/mol. The predicted molar refractivity (Wildman–Crippen MR) is 134 cm³/mol. The number of aliphatic imine (C=N–C) groups is 1. The number of para-hydroxylation sites is 1. The standard InChI is InChI=1S/C26H29N3O2S/c1-17(2)20-11-10-18(3)14-23(20)31-13-12-29-16-19(21-8-6-7-9-22(21)29)15-24-25(30)28(5)26(27-4)32-24/h6-11,14-17H,12-13H2,1-5H3/b24-15+,27-26?. The summed E-state index contributed by atoms with van der Waals surface area (Å²) < 4.78 is 8.42. The van der Waals surface area contributed by atoms with Crippen LogP contribution in [0.15, 0.2) is 58.6 Å². The fourth-order valence-electron chi connectivity index (χ4n) is 3.96. The van der Waals surface area contributed by atoms with E-state index < -0.39 is 0 Å². The maximum absolute atomic E-state index is 12.6. The Morgan fingerprint density at radius 3 is 2.69 bits per heavy atom. The van der Waals surface area contributed by atoms with Gasteiger partial charge in [-0.3, -0.25) is 14.7 Å². The molecule has 2 aromatic carbocycles. The van der Waals surface area contributed by atoms with Crippen LogP contribution in [-0.2, 0) is 11.3 Å². The number of ether oxygens (including phenoxy) is 1. The third kappa shape index (κ3) is 4.32. The zero-order valence-electron chi connectivity index (χ0n) is 19.3. The number of amidine groups is 1. The van der Waals surface area contributed by atoms with Crippen molar-refractivity contribution in [3.8, 4) is 5.75 Å². The van der Waals surface area contributed by atoms with Gasteiger partial charge in [0.05, 0.1) is 11.4 Å². The topological polar surface area (TPSA) is 46.8 Å². The van der Waals surface area contributed by atoms with E-state index in [4.69, 9.17) is 4.74 Å². The number of likely N-dealkylation sites (N-methyl/N-ethyl adjacent to an activating group) is 1. The Labute approximate surface area is 193 Å². The average Bonchev–Trinajstić information content (AvgIpc) is 3.26. The first-order valence-corrected chi connectivity index (χ1v) is 11.7. The van der Waals surface area contributed by atoms with Crippen molar-refractivity contribution in [2.75, 3.05) is 20.7 Å². The highest BCUT2D eigenvalue weighted by molar-refractivity contribution is 8.18. The molecule has 0 atom stereocenters. The van der Waals surface area contributed by atoms with Crippen LogP contribution >= 0.6 is 11.8 Å². The Bertz CT molecular complexity index is 1220. The number of hydrogen-bond donors (Lipinski definition) is 0. The van der Waals surface area contributed by atoms with Crippen molar-refractivity contribution in [2.24, 2.45) is 4.99 Å². The largest absolute Gasteiger partial charge is 0.491 e. The van der Waals surface area contributed by atoms with Gasteiger partial charge in [0.25, 0.3) is 5.91 Å². The zero-order valence-corrected chi connectivity index (χ0v) is 20.1. The fraction of sp³-hybridized carbons (Fsp3) is 0.308. The first-order chi connectivity index (χ1) is 15.4. The highest BCUT2D eigenvalue weighted by atomic mass is 32.2. The van der Waals surface area contributed by atoms with Gasteiger partial charge in [0, 0.05) is 36.8 Å². The molecular formula is C26H29N3O2S. The normalized spacial score (nSPS) is 16.8. The van der Waals surface area contributed by atoms with E-state index in [1.54, 1.807) is 19.0 Å². The molecule has 3 aromatic rings. The minimum absolute atomic E-state index is 0.0172. The van der Waals surface area contributed by atoms with Crippen LogP contribution in [0, 0.1) is 6.92 Å². The van der Waals surface area contributed by atoms with E-state index in [1.165, 1.54) is 22.9 Å². The second-order valence-electron chi connectivity index (χ2n) is 8.32. The summed E-state index contributed by atoms with van der Waals surface area (Å²) in [5.74, 6) is 1.35. The van der Waals surface area contributed by atoms with Crippen molar-refractivity contribution in [1.82, 2.24) is 9.47 Å². The number of nitrogens with zero attached hydrogens (tertiary/aromatic N) is 3. The number of aromatic nitrogens is 1. The molecule has 6 heteroatoms. The monoisotopic (exact) mass is 447 g/mol. The van der Waals surface area contributed by atoms with Crippen LogP contribution in [-0.4, -0.2) is 41.2 Å². The second-order valence-corrected chi connectivity index (χ2v) is 9.33. The molecular weight excluding hydrogens is 418 g/mol. The summed E-state index contributed by atoms with van der Waals surface area (Å²) >= 11 is 1.41. The summed E-state index contributed by atoms with van der Waals surface area (Å²) in [5, 5.41) is 1.84. The Kier molecular flexibility index (Phi) is 6.42. The van der Waals surface area contributed by atoms with Crippen LogP contribution in [0.25, 0.3) is 17.0 Å². The van der Waals surface area contributed by atoms with Crippen LogP contribution < -0.4 is 4.74 Å². The minimum Gasteiger partial charge on any atom is -0.491 e. The molecule has 0 radical (unpaired) electrons. The maximum atomic E-state index is 12.6. The fourth-order valence-corrected chi connectivity index (χ4v) is 4.88. The van der Waals surface area contributed by atoms with Crippen molar-refractivity contribution in [3.63, 3.8) is 0 Å². The first-order valence-electron chi connectivity index (χ1n) is 10.8. The summed E-state index contributed by atoms with van der Waals surface area (Å²) in [6.45, 7) is 7.75. The van der Waals surface area contributed by atoms with E-state index in [0.29, 0.717) is 17.4 Å². The van der Waals surface area contributed by atoms with E-state index in [9.17, 15) is 4.79 Å². The van der Waals surface area contributed by atoms with Crippen LogP contribution in [0.3, 0.4) is 0 Å². The molecule has 1 aromatic heterocycles. The van der Waals surface area contributed by atoms with E-state index in [-0.39, 0.29) is 5.91 Å². The van der Waals surface area contributed by atoms with Gasteiger partial charge in [-0.2, -0.15) is 0 Å². The quantitative estimate of drug-likeness (QED) is 0.457. The first kappa shape index (κ1) is 22.2. The van der Waals surface area contributed by atoms with Gasteiger partial charge in [-0.25, -0.2) is 0 Å². The molecule has 1 saturated heterocycles. The lowest BCUT2D eigenvalue weighted by Gasteiger charge is -2.15. The molecule has 32 heavy (non-hydrogen) atoms. The number of carbonyl (C=O) groups excluding carboxylic acids is 1. The molecule has 1 aliphatic rings. The number of benzene rings is 2. The van der Waals surface area contributed by atoms with E-state index in [0.717, 1.165) is 33.9 Å². The third-order valence-electron chi connectivity index (χ3n) is 5.68. The number of hydrogen-bond acceptors (Lipinski definition) is 4. The van der Waals surface area contributed by atoms with E-state index in [1.807, 2.05) is 18.2 Å². The number of carbonyl (C=O) groups is 1. The lowest BCUT2D eigenvalue weighted by atomic mass is 10.0. The van der Waals surface area contributed by atoms with Crippen molar-refractivity contribution in [1.29, 1.82) is 0 Å². The van der Waals surface area contributed by atoms with Gasteiger partial charge >= 0.3 is 0 Å². The Balaban J connectivity index is 1.59. The van der Waals surface area contributed by atoms with Gasteiger partial charge in [0.15, 0.2) is 5.17 Å². The predicted octanol–water partition coefficient (Wildman–Crippen LogP) is 5.68. The van der Waals surface area contributed by atoms with Crippen LogP contribution in [0.5, 0.6) is 5.75 Å². The van der Waals surface area contributed by atoms with Crippen LogP contribution in [0.2, 0.25) is 0 Å². The number of rotatable bonds is 6. The minimum atomic E-state index is -0.0172. The number of amides is 1. The summed E-state index contributed by atoms with van der Waals surface area (Å²) in [7, 11) is 3.47. The highest BCUT2D eigenvalue weighted by Gasteiger charge is 2.30. The van der Waals surface area contributed by atoms with E-state index in [2.05, 4.69) is 66.9 Å². The van der Waals surface area contributed by atoms with Gasteiger partial charge in [-0.1, -0.05) is 44.2 Å². The van der Waals surface area contributed by atoms with Gasteiger partial charge in [-0.05, 0) is 53.9 Å². The van der Waals surface area contributed by atoms with Crippen molar-refractivity contribution in [3.05, 3.63) is 70.3 Å². The summed E-state index contributed by atoms with van der Waals surface area (Å²) in [4.78, 5) is 19.1. The zero-order chi connectivity index (χ0) is 22.8. The second kappa shape index (κ2) is 9.25. The Hall–Kier alpha value is -2.99. The summed E-state index contributed by atoms with van der Waals surface area (Å²) in [6, 6.07) is 14.7. The molecule has 0 bridgehead atoms. The van der Waals surface area contributed by atoms with Crippen molar-refractivity contribution >= 4 is 39.8 Å². The lowest BCUT2D eigenvalue weighted by molar-refractivity contribution is -0.121. The molecule has 166 valence electrons. The van der Waals surface area contributed by atoms with Gasteiger partial charge < -0.3 is 9.30 Å². The molecule has 5 nitrogen and oxygen atoms in total. The molecule has 0 saturated carbocycles. The third-order valence-corrected chi connectivity index (χ3v) is 6.83. The smallest absolute Gasteiger partial charge is 0.266 e. The Morgan fingerprint density at radius 2 is 1.97 bits per heavy atom. The highest BCUT2D eigenvalue weighted by Crippen LogP contribution is 2.33. The van der Waals surface area contributed by atoms with Crippen molar-refractivity contribution < 1.29 is 9.53 Å². The summed E-state index contributed by atoms with van der Waals surface area (Å²) in [6.07, 6.45) is 4.08. The van der Waals surface area contributed by atoms with Gasteiger partial charge in [0.2, 0.25) is 0 Å². The summed E-state index contributed by atoms with van der Waals surface area (Å²) in [5.41, 5.74) is 4.58. The molecule has 0 N–H and O–H groups in total. The molecule has 1 aliphatic heterocycles. The van der Waals surface area contributed by atoms with Gasteiger partial charge in [-0.15, -0.1) is 0 Å². The molecule has 0 spiro atoms. The number of thioether (sulfide) groups is 1.